The van der Waals surface area contributed by atoms with E-state index >= 15 is 0 Å². The highest BCUT2D eigenvalue weighted by molar-refractivity contribution is 7.94. The van der Waals surface area contributed by atoms with Crippen molar-refractivity contribution in [1.82, 2.24) is 14.5 Å². The highest BCUT2D eigenvalue weighted by Crippen LogP contribution is 2.14. The van der Waals surface area contributed by atoms with Crippen LogP contribution in [0.25, 0.3) is 0 Å². The molecule has 1 saturated heterocycles. The number of hydrogen-bond donors (Lipinski definition) is 1. The minimum Gasteiger partial charge on any atom is -0.362 e. The Balaban J connectivity index is 1.94. The molecule has 2 heterocycles. The zero-order chi connectivity index (χ0) is 12.3. The lowest BCUT2D eigenvalue weighted by atomic mass is 10.4. The third-order valence-corrected chi connectivity index (χ3v) is 3.25. The molecule has 1 amide bonds. The molecule has 1 N–H and O–H groups in total. The molecule has 94 valence electrons. The van der Waals surface area contributed by atoms with E-state index in [0.29, 0.717) is 31.7 Å². The smallest absolute Gasteiger partial charge is 0.242 e. The van der Waals surface area contributed by atoms with Gasteiger partial charge >= 0.3 is 0 Å². The zero-order valence-corrected chi connectivity index (χ0v) is 10.4. The van der Waals surface area contributed by atoms with E-state index in [2.05, 4.69) is 4.98 Å². The van der Waals surface area contributed by atoms with E-state index in [4.69, 9.17) is 9.29 Å². The van der Waals surface area contributed by atoms with E-state index in [0.717, 1.165) is 5.82 Å². The van der Waals surface area contributed by atoms with Crippen molar-refractivity contribution < 1.29 is 14.1 Å². The summed E-state index contributed by atoms with van der Waals surface area (Å²) in [6.45, 7) is 3.61. The Hall–Kier alpha value is -1.05. The van der Waals surface area contributed by atoms with Crippen molar-refractivity contribution in [1.29, 1.82) is 0 Å². The van der Waals surface area contributed by atoms with Gasteiger partial charge in [-0.05, 0) is 6.92 Å². The van der Waals surface area contributed by atoms with Crippen molar-refractivity contribution >= 4 is 17.9 Å². The first-order valence-electron chi connectivity index (χ1n) is 5.38. The molecule has 6 nitrogen and oxygen atoms in total. The first kappa shape index (κ1) is 12.4. The van der Waals surface area contributed by atoms with Crippen LogP contribution in [0, 0.1) is 6.92 Å². The van der Waals surface area contributed by atoms with Gasteiger partial charge in [0.1, 0.15) is 17.8 Å². The van der Waals surface area contributed by atoms with Gasteiger partial charge in [-0.2, -0.15) is 0 Å². The quantitative estimate of drug-likeness (QED) is 0.802. The topological polar surface area (TPSA) is 67.6 Å². The third kappa shape index (κ3) is 2.99. The Morgan fingerprint density at radius 2 is 2.59 bits per heavy atom. The molecule has 1 aromatic rings. The zero-order valence-electron chi connectivity index (χ0n) is 9.57. The molecule has 1 unspecified atom stereocenters. The molecule has 1 atom stereocenters. The van der Waals surface area contributed by atoms with Crippen molar-refractivity contribution in [2.75, 3.05) is 19.7 Å². The van der Waals surface area contributed by atoms with Crippen molar-refractivity contribution in [3.8, 4) is 0 Å². The number of imidazole rings is 1. The van der Waals surface area contributed by atoms with Crippen LogP contribution in [-0.4, -0.2) is 50.0 Å². The van der Waals surface area contributed by atoms with Crippen LogP contribution in [0.15, 0.2) is 12.4 Å². The maximum Gasteiger partial charge on any atom is 0.242 e. The van der Waals surface area contributed by atoms with Gasteiger partial charge in [-0.25, -0.2) is 4.98 Å². The van der Waals surface area contributed by atoms with Gasteiger partial charge in [-0.1, -0.05) is 0 Å². The number of morpholine rings is 1. The van der Waals surface area contributed by atoms with E-state index in [1.54, 1.807) is 21.9 Å². The number of rotatable bonds is 3. The molecule has 1 fully saturated rings. The number of ether oxygens (including phenoxy) is 1. The summed E-state index contributed by atoms with van der Waals surface area (Å²) < 4.78 is 16.0. The van der Waals surface area contributed by atoms with Crippen molar-refractivity contribution in [3.63, 3.8) is 0 Å². The minimum atomic E-state index is -0.336. The van der Waals surface area contributed by atoms with Gasteiger partial charge in [0, 0.05) is 31.0 Å². The number of carbonyl (C=O) groups excluding carboxylic acids is 1. The average Bonchev–Trinajstić information content (AvgIpc) is 2.75. The molecular formula is C10H15N3O3S. The fourth-order valence-electron chi connectivity index (χ4n) is 1.73. The summed E-state index contributed by atoms with van der Waals surface area (Å²) in [4.78, 5) is 17.8. The lowest BCUT2D eigenvalue weighted by Gasteiger charge is -2.31. The fraction of sp³-hybridized carbons (Fsp3) is 0.600. The predicted octanol–water partition coefficient (Wildman–Crippen LogP) is 0.583. The van der Waals surface area contributed by atoms with E-state index in [-0.39, 0.29) is 17.9 Å². The summed E-state index contributed by atoms with van der Waals surface area (Å²) in [6, 6.07) is 0. The Bertz CT molecular complexity index is 396. The largest absolute Gasteiger partial charge is 0.362 e. The van der Waals surface area contributed by atoms with Crippen LogP contribution in [0.1, 0.15) is 5.82 Å². The van der Waals surface area contributed by atoms with E-state index in [9.17, 15) is 4.79 Å². The van der Waals surface area contributed by atoms with E-state index in [1.165, 1.54) is 0 Å². The van der Waals surface area contributed by atoms with Gasteiger partial charge in [0.15, 0.2) is 0 Å². The van der Waals surface area contributed by atoms with Crippen molar-refractivity contribution in [2.45, 2.75) is 18.9 Å². The monoisotopic (exact) mass is 257 g/mol. The van der Waals surface area contributed by atoms with E-state index in [1.807, 2.05) is 6.92 Å². The van der Waals surface area contributed by atoms with Gasteiger partial charge in [0.05, 0.1) is 13.2 Å². The number of aromatic nitrogens is 2. The number of carbonyl (C=O) groups is 1. The highest BCUT2D eigenvalue weighted by atomic mass is 32.2. The summed E-state index contributed by atoms with van der Waals surface area (Å²) in [6.07, 6.45) is 3.46. The molecule has 1 aliphatic heterocycles. The molecule has 0 spiro atoms. The van der Waals surface area contributed by atoms with Crippen LogP contribution in [-0.2, 0) is 16.1 Å². The minimum absolute atomic E-state index is 0.0217. The highest BCUT2D eigenvalue weighted by Gasteiger charge is 2.24. The second-order valence-corrected chi connectivity index (χ2v) is 4.58. The fourth-order valence-corrected chi connectivity index (χ4v) is 2.13. The third-order valence-electron chi connectivity index (χ3n) is 2.73. The molecule has 0 bridgehead atoms. The first-order valence-corrected chi connectivity index (χ1v) is 6.21. The summed E-state index contributed by atoms with van der Waals surface area (Å²) in [5, 5.41) is 0. The summed E-state index contributed by atoms with van der Waals surface area (Å²) in [5.74, 6) is 0.841. The molecule has 0 aliphatic carbocycles. The molecule has 2 rings (SSSR count). The van der Waals surface area contributed by atoms with Crippen LogP contribution in [0.5, 0.6) is 0 Å². The summed E-state index contributed by atoms with van der Waals surface area (Å²) in [5.41, 5.74) is -0.336. The first-order chi connectivity index (χ1) is 8.20. The van der Waals surface area contributed by atoms with Crippen LogP contribution in [0.3, 0.4) is 0 Å². The number of nitrogens with zero attached hydrogens (tertiary/aromatic N) is 3. The Labute approximate surface area is 104 Å². The number of amides is 1. The SMILES string of the molecule is Cc1nccn1CC(=O)N1CCOC(SO)C1. The van der Waals surface area contributed by atoms with Gasteiger partial charge in [-0.15, -0.1) is 0 Å². The van der Waals surface area contributed by atoms with Crippen LogP contribution < -0.4 is 0 Å². The second kappa shape index (κ2) is 5.52. The normalized spacial score (nSPS) is 20.6. The van der Waals surface area contributed by atoms with Gasteiger partial charge < -0.3 is 18.8 Å². The standard InChI is InChI=1S/C10H15N3O3S/c1-8-11-2-3-12(8)6-9(14)13-4-5-16-10(7-13)17-15/h2-3,10,15H,4-7H2,1H3. The average molecular weight is 257 g/mol. The van der Waals surface area contributed by atoms with Crippen LogP contribution in [0.2, 0.25) is 0 Å². The van der Waals surface area contributed by atoms with Gasteiger partial charge in [0.2, 0.25) is 5.91 Å². The molecular weight excluding hydrogens is 242 g/mol. The lowest BCUT2D eigenvalue weighted by Crippen LogP contribution is -2.45. The van der Waals surface area contributed by atoms with Crippen LogP contribution in [0.4, 0.5) is 0 Å². The maximum absolute atomic E-state index is 12.0. The number of hydrogen-bond acceptors (Lipinski definition) is 5. The molecule has 7 heteroatoms. The molecule has 1 aliphatic rings. The summed E-state index contributed by atoms with van der Waals surface area (Å²) in [7, 11) is 0. The molecule has 17 heavy (non-hydrogen) atoms. The molecule has 1 aromatic heterocycles. The van der Waals surface area contributed by atoms with E-state index < -0.39 is 0 Å². The molecule has 0 radical (unpaired) electrons. The number of aryl methyl sites for hydroxylation is 1. The maximum atomic E-state index is 12.0. The predicted molar refractivity (Wildman–Crippen MR) is 63.5 cm³/mol. The Kier molecular flexibility index (Phi) is 4.03. The van der Waals surface area contributed by atoms with Crippen LogP contribution >= 0.6 is 12.0 Å². The van der Waals surface area contributed by atoms with Gasteiger partial charge in [-0.3, -0.25) is 4.79 Å². The molecule has 0 saturated carbocycles. The van der Waals surface area contributed by atoms with Crippen molar-refractivity contribution in [2.24, 2.45) is 0 Å². The second-order valence-electron chi connectivity index (χ2n) is 3.85. The van der Waals surface area contributed by atoms with Gasteiger partial charge in [0.25, 0.3) is 0 Å². The lowest BCUT2D eigenvalue weighted by molar-refractivity contribution is -0.136. The summed E-state index contributed by atoms with van der Waals surface area (Å²) >= 11 is 0.643. The molecule has 0 aromatic carbocycles. The Morgan fingerprint density at radius 1 is 1.76 bits per heavy atom. The Morgan fingerprint density at radius 3 is 3.24 bits per heavy atom. The van der Waals surface area contributed by atoms with Crippen molar-refractivity contribution in [3.05, 3.63) is 18.2 Å².